The van der Waals surface area contributed by atoms with Gasteiger partial charge in [0.2, 0.25) is 0 Å². The number of hydrogen-bond acceptors (Lipinski definition) is 6. The molecule has 4 aliphatic carbocycles. The van der Waals surface area contributed by atoms with Crippen molar-refractivity contribution in [2.24, 2.45) is 34.5 Å². The van der Waals surface area contributed by atoms with Gasteiger partial charge in [0, 0.05) is 25.0 Å². The van der Waals surface area contributed by atoms with Gasteiger partial charge in [0.15, 0.2) is 0 Å². The lowest BCUT2D eigenvalue weighted by Crippen LogP contribution is -2.50. The van der Waals surface area contributed by atoms with Crippen molar-refractivity contribution in [1.29, 1.82) is 0 Å². The number of fused-ring (bicyclic) bond motifs is 5. The van der Waals surface area contributed by atoms with E-state index in [0.717, 1.165) is 50.2 Å². The monoisotopic (exact) mass is 547 g/mol. The fourth-order valence-electron chi connectivity index (χ4n) is 9.50. The molecule has 218 valence electrons. The van der Waals surface area contributed by atoms with Gasteiger partial charge in [-0.25, -0.2) is 4.79 Å². The number of hydroxylamine groups is 1. The molecule has 6 rings (SSSR count). The molecular weight excluding hydrogens is 498 g/mol. The lowest BCUT2D eigenvalue weighted by atomic mass is 9.46. The van der Waals surface area contributed by atoms with Gasteiger partial charge in [-0.3, -0.25) is 9.88 Å². The van der Waals surface area contributed by atoms with Crippen LogP contribution in [0.25, 0.3) is 5.57 Å². The number of nitrogens with one attached hydrogen (secondary N) is 1. The van der Waals surface area contributed by atoms with Crippen molar-refractivity contribution < 1.29 is 14.4 Å². The van der Waals surface area contributed by atoms with Crippen LogP contribution in [0.5, 0.6) is 0 Å². The minimum absolute atomic E-state index is 0.122. The summed E-state index contributed by atoms with van der Waals surface area (Å²) in [6, 6.07) is 4.45. The molecule has 6 nitrogen and oxygen atoms in total. The van der Waals surface area contributed by atoms with Crippen LogP contribution in [0.15, 0.2) is 42.3 Å². The first-order chi connectivity index (χ1) is 19.4. The third kappa shape index (κ3) is 5.15. The zero-order chi connectivity index (χ0) is 27.7. The molecule has 1 N–H and O–H groups in total. The summed E-state index contributed by atoms with van der Waals surface area (Å²) < 4.78 is 5.34. The zero-order valence-corrected chi connectivity index (χ0v) is 24.9. The fourth-order valence-corrected chi connectivity index (χ4v) is 9.50. The Hall–Kier alpha value is -2.18. The second-order valence-corrected chi connectivity index (χ2v) is 13.7. The van der Waals surface area contributed by atoms with Crippen LogP contribution < -0.4 is 5.48 Å². The predicted octanol–water partition coefficient (Wildman–Crippen LogP) is 7.19. The Morgan fingerprint density at radius 3 is 2.75 bits per heavy atom. The van der Waals surface area contributed by atoms with E-state index in [4.69, 9.17) is 9.57 Å². The van der Waals surface area contributed by atoms with E-state index >= 15 is 0 Å². The number of pyridine rings is 1. The quantitative estimate of drug-likeness (QED) is 0.211. The number of carbonyl (C=O) groups is 1. The van der Waals surface area contributed by atoms with Crippen LogP contribution in [-0.4, -0.2) is 48.3 Å². The van der Waals surface area contributed by atoms with E-state index < -0.39 is 6.16 Å². The summed E-state index contributed by atoms with van der Waals surface area (Å²) >= 11 is 0. The van der Waals surface area contributed by atoms with Crippen LogP contribution >= 0.6 is 0 Å². The molecule has 2 heterocycles. The molecule has 7 atom stereocenters. The second-order valence-electron chi connectivity index (χ2n) is 13.7. The molecule has 0 aromatic carbocycles. The van der Waals surface area contributed by atoms with E-state index in [1.54, 1.807) is 11.1 Å². The van der Waals surface area contributed by atoms with Gasteiger partial charge in [0.05, 0.1) is 0 Å². The Morgan fingerprint density at radius 2 is 1.98 bits per heavy atom. The SMILES string of the molecule is CCC(NOC(=O)OCCN1CCCC1)C1C=C2CC[C@H]3[C@H](CC[C@]4(C)C(c5cccnc5)=CC[C@@H]34)[C@@]2(C)CC1. The molecule has 1 aliphatic heterocycles. The Morgan fingerprint density at radius 1 is 1.15 bits per heavy atom. The van der Waals surface area contributed by atoms with Gasteiger partial charge in [-0.1, -0.05) is 44.6 Å². The molecule has 5 aliphatic rings. The molecule has 0 bridgehead atoms. The highest BCUT2D eigenvalue weighted by Gasteiger charge is 2.57. The van der Waals surface area contributed by atoms with E-state index in [0.29, 0.717) is 17.9 Å². The smallest absolute Gasteiger partial charge is 0.432 e. The molecule has 6 heteroatoms. The van der Waals surface area contributed by atoms with Crippen molar-refractivity contribution in [3.8, 4) is 0 Å². The normalized spacial score (nSPS) is 36.1. The molecule has 2 unspecified atom stereocenters. The molecule has 3 fully saturated rings. The number of allylic oxidation sites excluding steroid dienone is 3. The summed E-state index contributed by atoms with van der Waals surface area (Å²) in [5.74, 6) is 2.69. The van der Waals surface area contributed by atoms with Crippen molar-refractivity contribution in [2.75, 3.05) is 26.2 Å². The molecule has 1 saturated heterocycles. The molecule has 0 spiro atoms. The molecule has 40 heavy (non-hydrogen) atoms. The predicted molar refractivity (Wildman–Crippen MR) is 158 cm³/mol. The highest BCUT2D eigenvalue weighted by atomic mass is 16.8. The largest absolute Gasteiger partial charge is 0.527 e. The van der Waals surface area contributed by atoms with Gasteiger partial charge in [-0.05, 0) is 129 Å². The number of likely N-dealkylation sites (tertiary alicyclic amines) is 1. The summed E-state index contributed by atoms with van der Waals surface area (Å²) in [4.78, 5) is 24.4. The maximum atomic E-state index is 12.2. The van der Waals surface area contributed by atoms with Gasteiger partial charge in [-0.2, -0.15) is 0 Å². The third-order valence-corrected chi connectivity index (χ3v) is 11.8. The number of ether oxygens (including phenoxy) is 1. The molecular formula is C34H49N3O3. The Kier molecular flexibility index (Phi) is 8.11. The zero-order valence-electron chi connectivity index (χ0n) is 24.9. The lowest BCUT2D eigenvalue weighted by molar-refractivity contribution is -0.0306. The Labute approximate surface area is 240 Å². The second kappa shape index (κ2) is 11.6. The van der Waals surface area contributed by atoms with Crippen LogP contribution in [0.2, 0.25) is 0 Å². The van der Waals surface area contributed by atoms with Gasteiger partial charge >= 0.3 is 6.16 Å². The molecule has 2 saturated carbocycles. The van der Waals surface area contributed by atoms with Gasteiger partial charge in [-0.15, -0.1) is 5.48 Å². The number of rotatable bonds is 8. The minimum Gasteiger partial charge on any atom is -0.432 e. The fraction of sp³-hybridized carbons (Fsp3) is 0.706. The van der Waals surface area contributed by atoms with Crippen molar-refractivity contribution >= 4 is 11.7 Å². The van der Waals surface area contributed by atoms with E-state index in [-0.39, 0.29) is 11.5 Å². The van der Waals surface area contributed by atoms with Crippen LogP contribution in [0, 0.1) is 34.5 Å². The summed E-state index contributed by atoms with van der Waals surface area (Å²) in [7, 11) is 0. The highest BCUT2D eigenvalue weighted by molar-refractivity contribution is 5.72. The lowest BCUT2D eigenvalue weighted by Gasteiger charge is -2.58. The average molecular weight is 548 g/mol. The Balaban J connectivity index is 1.07. The van der Waals surface area contributed by atoms with E-state index in [1.807, 2.05) is 6.20 Å². The molecule has 1 aromatic rings. The van der Waals surface area contributed by atoms with Crippen molar-refractivity contribution in [1.82, 2.24) is 15.4 Å². The topological polar surface area (TPSA) is 63.7 Å². The first kappa shape index (κ1) is 28.0. The van der Waals surface area contributed by atoms with Gasteiger partial charge < -0.3 is 9.57 Å². The van der Waals surface area contributed by atoms with E-state index in [2.05, 4.69) is 66.6 Å². The number of hydrogen-bond donors (Lipinski definition) is 1. The maximum Gasteiger partial charge on any atom is 0.527 e. The summed E-state index contributed by atoms with van der Waals surface area (Å²) in [6.07, 6.45) is 20.6. The summed E-state index contributed by atoms with van der Waals surface area (Å²) in [6.45, 7) is 10.7. The summed E-state index contributed by atoms with van der Waals surface area (Å²) in [5.41, 5.74) is 8.20. The number of carbonyl (C=O) groups excluding carboxylic acids is 1. The van der Waals surface area contributed by atoms with Crippen LogP contribution in [0.3, 0.4) is 0 Å². The Bertz CT molecular complexity index is 1110. The third-order valence-electron chi connectivity index (χ3n) is 11.8. The van der Waals surface area contributed by atoms with Crippen LogP contribution in [-0.2, 0) is 9.57 Å². The molecule has 1 aromatic heterocycles. The maximum absolute atomic E-state index is 12.2. The minimum atomic E-state index is -0.604. The van der Waals surface area contributed by atoms with Gasteiger partial charge in [0.25, 0.3) is 0 Å². The standard InChI is InChI=1S/C34H49N3O3/c1-4-31(36-40-32(38)39-21-20-37-18-5-6-19-37)24-13-15-33(2)26(22-24)9-10-27-29-12-11-28(25-8-7-17-35-23-25)34(29,3)16-14-30(27)33/h7-8,11,17,22-24,27,29-31,36H,4-6,9-10,12-16,18-21H2,1-3H3/t24?,27-,29+,30+,31?,33+,34-/m1/s1. The first-order valence-electron chi connectivity index (χ1n) is 16.1. The van der Waals surface area contributed by atoms with Crippen molar-refractivity contribution in [3.05, 3.63) is 47.8 Å². The van der Waals surface area contributed by atoms with Gasteiger partial charge in [0.1, 0.15) is 6.61 Å². The van der Waals surface area contributed by atoms with E-state index in [1.165, 1.54) is 56.9 Å². The molecule has 0 amide bonds. The van der Waals surface area contributed by atoms with Crippen LogP contribution in [0.4, 0.5) is 4.79 Å². The van der Waals surface area contributed by atoms with Crippen molar-refractivity contribution in [2.45, 2.75) is 91.0 Å². The van der Waals surface area contributed by atoms with Crippen molar-refractivity contribution in [3.63, 3.8) is 0 Å². The number of aromatic nitrogens is 1. The number of nitrogens with zero attached hydrogens (tertiary/aromatic N) is 2. The highest BCUT2D eigenvalue weighted by Crippen LogP contribution is 2.67. The summed E-state index contributed by atoms with van der Waals surface area (Å²) in [5, 5.41) is 0. The molecule has 0 radical (unpaired) electrons. The average Bonchev–Trinajstić information content (AvgIpc) is 3.61. The first-order valence-corrected chi connectivity index (χ1v) is 16.1. The van der Waals surface area contributed by atoms with E-state index in [9.17, 15) is 4.79 Å². The van der Waals surface area contributed by atoms with Crippen LogP contribution in [0.1, 0.15) is 90.5 Å².